The Balaban J connectivity index is 1.22. The summed E-state index contributed by atoms with van der Waals surface area (Å²) in [6.45, 7) is 5.90. The van der Waals surface area contributed by atoms with Crippen LogP contribution in [-0.2, 0) is 20.3 Å². The number of amides is 1. The number of hydrogen-bond donors (Lipinski definition) is 0. The van der Waals surface area contributed by atoms with Crippen molar-refractivity contribution in [3.8, 4) is 0 Å². The molecule has 178 valence electrons. The monoisotopic (exact) mass is 479 g/mol. The number of carbonyl (C=O) groups is 1. The summed E-state index contributed by atoms with van der Waals surface area (Å²) in [6, 6.07) is 15.8. The van der Waals surface area contributed by atoms with Crippen molar-refractivity contribution >= 4 is 26.6 Å². The predicted octanol–water partition coefficient (Wildman–Crippen LogP) is 3.00. The van der Waals surface area contributed by atoms with Crippen molar-refractivity contribution < 1.29 is 17.9 Å². The molecule has 34 heavy (non-hydrogen) atoms. The van der Waals surface area contributed by atoms with Crippen molar-refractivity contribution in [2.75, 3.05) is 45.9 Å². The molecule has 2 aromatic carbocycles. The highest BCUT2D eigenvalue weighted by atomic mass is 32.2. The Morgan fingerprint density at radius 3 is 2.50 bits per heavy atom. The van der Waals surface area contributed by atoms with Crippen LogP contribution in [0.4, 0.5) is 0 Å². The van der Waals surface area contributed by atoms with Crippen molar-refractivity contribution in [3.05, 3.63) is 71.9 Å². The molecule has 7 nitrogen and oxygen atoms in total. The Kier molecular flexibility index (Phi) is 6.63. The zero-order valence-corrected chi connectivity index (χ0v) is 19.9. The first-order valence-corrected chi connectivity index (χ1v) is 13.4. The van der Waals surface area contributed by atoms with Crippen LogP contribution in [0.25, 0.3) is 10.9 Å². The van der Waals surface area contributed by atoms with E-state index in [2.05, 4.69) is 9.88 Å². The number of pyridine rings is 1. The summed E-state index contributed by atoms with van der Waals surface area (Å²) in [5.41, 5.74) is 1.72. The average Bonchev–Trinajstić information content (AvgIpc) is 3.37. The van der Waals surface area contributed by atoms with E-state index in [1.165, 1.54) is 0 Å². The van der Waals surface area contributed by atoms with Gasteiger partial charge < -0.3 is 9.64 Å². The minimum absolute atomic E-state index is 0.00323. The van der Waals surface area contributed by atoms with Crippen LogP contribution in [-0.4, -0.2) is 75.0 Å². The molecule has 0 radical (unpaired) electrons. The Hall–Kier alpha value is -2.81. The van der Waals surface area contributed by atoms with Crippen LogP contribution in [0.5, 0.6) is 0 Å². The number of benzene rings is 2. The van der Waals surface area contributed by atoms with E-state index >= 15 is 0 Å². The lowest BCUT2D eigenvalue weighted by atomic mass is 10.1. The maximum atomic E-state index is 13.1. The summed E-state index contributed by atoms with van der Waals surface area (Å²) in [6.07, 6.45) is 2.73. The van der Waals surface area contributed by atoms with E-state index in [1.807, 2.05) is 17.0 Å². The van der Waals surface area contributed by atoms with Gasteiger partial charge in [-0.15, -0.1) is 0 Å². The third kappa shape index (κ3) is 4.99. The Labute approximate surface area is 200 Å². The molecule has 1 atom stereocenters. The molecule has 2 aliphatic heterocycles. The van der Waals surface area contributed by atoms with Gasteiger partial charge in [-0.25, -0.2) is 8.42 Å². The van der Waals surface area contributed by atoms with Gasteiger partial charge in [0.15, 0.2) is 9.84 Å². The molecule has 2 saturated heterocycles. The number of nitrogens with zero attached hydrogens (tertiary/aromatic N) is 3. The van der Waals surface area contributed by atoms with Crippen LogP contribution in [0.1, 0.15) is 22.3 Å². The zero-order valence-electron chi connectivity index (χ0n) is 19.1. The minimum Gasteiger partial charge on any atom is -0.381 e. The number of sulfone groups is 1. The highest BCUT2D eigenvalue weighted by molar-refractivity contribution is 7.90. The molecule has 2 fully saturated rings. The second-order valence-corrected chi connectivity index (χ2v) is 11.1. The van der Waals surface area contributed by atoms with Gasteiger partial charge in [0.25, 0.3) is 5.91 Å². The van der Waals surface area contributed by atoms with E-state index in [4.69, 9.17) is 4.74 Å². The van der Waals surface area contributed by atoms with E-state index in [0.29, 0.717) is 35.7 Å². The molecule has 1 amide bonds. The van der Waals surface area contributed by atoms with Gasteiger partial charge in [-0.3, -0.25) is 14.7 Å². The van der Waals surface area contributed by atoms with E-state index < -0.39 is 9.84 Å². The van der Waals surface area contributed by atoms with Gasteiger partial charge in [0, 0.05) is 56.5 Å². The molecule has 2 aliphatic rings. The van der Waals surface area contributed by atoms with Gasteiger partial charge >= 0.3 is 0 Å². The van der Waals surface area contributed by atoms with Gasteiger partial charge in [-0.1, -0.05) is 30.3 Å². The number of aromatic nitrogens is 1. The van der Waals surface area contributed by atoms with Crippen LogP contribution >= 0.6 is 0 Å². The number of fused-ring (bicyclic) bond motifs is 1. The molecule has 1 unspecified atom stereocenters. The number of piperazine rings is 1. The maximum Gasteiger partial charge on any atom is 0.253 e. The fourth-order valence-corrected chi connectivity index (χ4v) is 6.31. The molecular weight excluding hydrogens is 450 g/mol. The van der Waals surface area contributed by atoms with E-state index in [1.54, 1.807) is 48.7 Å². The van der Waals surface area contributed by atoms with Crippen molar-refractivity contribution in [1.29, 1.82) is 0 Å². The molecule has 8 heteroatoms. The summed E-state index contributed by atoms with van der Waals surface area (Å²) in [7, 11) is -3.58. The van der Waals surface area contributed by atoms with Gasteiger partial charge in [0.1, 0.15) is 0 Å². The van der Waals surface area contributed by atoms with Crippen LogP contribution in [0.2, 0.25) is 0 Å². The maximum absolute atomic E-state index is 13.1. The largest absolute Gasteiger partial charge is 0.381 e. The van der Waals surface area contributed by atoms with Crippen molar-refractivity contribution in [3.63, 3.8) is 0 Å². The summed E-state index contributed by atoms with van der Waals surface area (Å²) in [4.78, 5) is 21.8. The molecule has 3 aromatic rings. The van der Waals surface area contributed by atoms with E-state index in [-0.39, 0.29) is 16.6 Å². The van der Waals surface area contributed by atoms with Gasteiger partial charge in [0.05, 0.1) is 22.8 Å². The number of carbonyl (C=O) groups excluding carboxylic acids is 1. The molecule has 0 spiro atoms. The molecule has 0 bridgehead atoms. The second-order valence-electron chi connectivity index (χ2n) is 9.11. The van der Waals surface area contributed by atoms with Gasteiger partial charge in [0.2, 0.25) is 0 Å². The minimum atomic E-state index is -3.58. The average molecular weight is 480 g/mol. The number of hydrogen-bond acceptors (Lipinski definition) is 6. The highest BCUT2D eigenvalue weighted by Crippen LogP contribution is 2.24. The third-order valence-corrected chi connectivity index (χ3v) is 8.40. The number of rotatable bonds is 6. The molecule has 0 saturated carbocycles. The quantitative estimate of drug-likeness (QED) is 0.541. The van der Waals surface area contributed by atoms with Crippen LogP contribution in [0.15, 0.2) is 65.7 Å². The van der Waals surface area contributed by atoms with Crippen LogP contribution < -0.4 is 0 Å². The Bertz CT molecular complexity index is 1260. The van der Waals surface area contributed by atoms with Crippen LogP contribution in [0.3, 0.4) is 0 Å². The molecule has 0 aliphatic carbocycles. The van der Waals surface area contributed by atoms with E-state index in [0.717, 1.165) is 44.7 Å². The summed E-state index contributed by atoms with van der Waals surface area (Å²) in [5, 5.41) is 0.793. The fraction of sp³-hybridized carbons (Fsp3) is 0.385. The molecular formula is C26H29N3O4S. The van der Waals surface area contributed by atoms with Gasteiger partial charge in [-0.05, 0) is 42.2 Å². The first-order valence-electron chi connectivity index (χ1n) is 11.7. The first-order chi connectivity index (χ1) is 16.5. The van der Waals surface area contributed by atoms with Gasteiger partial charge in [-0.2, -0.15) is 0 Å². The smallest absolute Gasteiger partial charge is 0.253 e. The Morgan fingerprint density at radius 1 is 1.00 bits per heavy atom. The second kappa shape index (κ2) is 9.82. The normalized spacial score (nSPS) is 19.5. The lowest BCUT2D eigenvalue weighted by Gasteiger charge is -2.35. The zero-order chi connectivity index (χ0) is 23.5. The fourth-order valence-electron chi connectivity index (χ4n) is 4.78. The highest BCUT2D eigenvalue weighted by Gasteiger charge is 2.25. The number of para-hydroxylation sites is 1. The number of ether oxygens (including phenoxy) is 1. The lowest BCUT2D eigenvalue weighted by Crippen LogP contribution is -2.49. The summed E-state index contributed by atoms with van der Waals surface area (Å²) < 4.78 is 31.7. The van der Waals surface area contributed by atoms with E-state index in [9.17, 15) is 13.2 Å². The topological polar surface area (TPSA) is 79.8 Å². The first kappa shape index (κ1) is 23.0. The summed E-state index contributed by atoms with van der Waals surface area (Å²) in [5.74, 6) is 0.466. The van der Waals surface area contributed by atoms with Crippen molar-refractivity contribution in [2.24, 2.45) is 5.92 Å². The van der Waals surface area contributed by atoms with Crippen LogP contribution in [0, 0.1) is 5.92 Å². The predicted molar refractivity (Wildman–Crippen MR) is 130 cm³/mol. The lowest BCUT2D eigenvalue weighted by molar-refractivity contribution is 0.0611. The molecule has 1 aromatic heterocycles. The standard InChI is InChI=1S/C26H29N3O4S/c30-26(29-14-12-28(13-15-29)17-21-10-16-33-18-21)23-8-6-20(7-9-23)19-34(31,32)24-5-1-3-22-4-2-11-27-25(22)24/h1-9,11,21H,10,12-19H2. The summed E-state index contributed by atoms with van der Waals surface area (Å²) >= 11 is 0. The molecule has 3 heterocycles. The van der Waals surface area contributed by atoms with Crippen molar-refractivity contribution in [2.45, 2.75) is 17.1 Å². The SMILES string of the molecule is O=C(c1ccc(CS(=O)(=O)c2cccc3cccnc23)cc1)N1CCN(CC2CCOC2)CC1. The Morgan fingerprint density at radius 2 is 1.76 bits per heavy atom. The van der Waals surface area contributed by atoms with Crippen molar-refractivity contribution in [1.82, 2.24) is 14.8 Å². The molecule has 0 N–H and O–H groups in total. The third-order valence-electron chi connectivity index (χ3n) is 6.69. The molecule has 5 rings (SSSR count).